The van der Waals surface area contributed by atoms with Crippen molar-refractivity contribution < 1.29 is 13.2 Å². The Labute approximate surface area is 153 Å². The van der Waals surface area contributed by atoms with Gasteiger partial charge in [-0.15, -0.1) is 0 Å². The molecule has 0 aliphatic carbocycles. The van der Waals surface area contributed by atoms with Gasteiger partial charge in [-0.1, -0.05) is 26.0 Å². The van der Waals surface area contributed by atoms with Crippen molar-refractivity contribution in [3.8, 4) is 6.07 Å². The highest BCUT2D eigenvalue weighted by molar-refractivity contribution is 7.92. The molecule has 26 heavy (non-hydrogen) atoms. The fourth-order valence-electron chi connectivity index (χ4n) is 3.01. The van der Waals surface area contributed by atoms with Crippen molar-refractivity contribution in [1.29, 1.82) is 5.26 Å². The van der Waals surface area contributed by atoms with Gasteiger partial charge in [0.1, 0.15) is 11.0 Å². The Balaban J connectivity index is 1.89. The molecular formula is C19H19N3O3S. The van der Waals surface area contributed by atoms with Gasteiger partial charge in [-0.3, -0.25) is 9.52 Å². The summed E-state index contributed by atoms with van der Waals surface area (Å²) in [7, 11) is -3.87. The number of fused-ring (bicyclic) bond motifs is 1. The van der Waals surface area contributed by atoms with E-state index in [-0.39, 0.29) is 22.3 Å². The predicted molar refractivity (Wildman–Crippen MR) is 99.3 cm³/mol. The van der Waals surface area contributed by atoms with Crippen molar-refractivity contribution in [2.75, 3.05) is 16.2 Å². The highest BCUT2D eigenvalue weighted by atomic mass is 32.2. The molecule has 0 saturated carbocycles. The number of benzene rings is 2. The molecule has 0 bridgehead atoms. The second kappa shape index (κ2) is 6.81. The van der Waals surface area contributed by atoms with Crippen LogP contribution in [0, 0.1) is 17.2 Å². The third-order valence-electron chi connectivity index (χ3n) is 4.28. The zero-order valence-electron chi connectivity index (χ0n) is 14.6. The number of carbonyl (C=O) groups excluding carboxylic acids is 1. The Bertz CT molecular complexity index is 1010. The Morgan fingerprint density at radius 2 is 1.96 bits per heavy atom. The highest BCUT2D eigenvalue weighted by Crippen LogP contribution is 2.32. The van der Waals surface area contributed by atoms with Gasteiger partial charge in [0.05, 0.1) is 5.56 Å². The maximum Gasteiger partial charge on any atom is 0.263 e. The van der Waals surface area contributed by atoms with Crippen molar-refractivity contribution in [3.05, 3.63) is 53.6 Å². The first-order valence-corrected chi connectivity index (χ1v) is 9.78. The van der Waals surface area contributed by atoms with Gasteiger partial charge in [0.2, 0.25) is 5.91 Å². The molecule has 0 saturated heterocycles. The molecule has 1 amide bonds. The van der Waals surface area contributed by atoms with E-state index in [4.69, 9.17) is 5.26 Å². The smallest absolute Gasteiger partial charge is 0.263 e. The lowest BCUT2D eigenvalue weighted by molar-refractivity contribution is -0.121. The topological polar surface area (TPSA) is 90.3 Å². The molecule has 7 heteroatoms. The number of hydrogen-bond acceptors (Lipinski definition) is 4. The number of sulfonamides is 1. The summed E-state index contributed by atoms with van der Waals surface area (Å²) in [5.41, 5.74) is 2.25. The van der Waals surface area contributed by atoms with E-state index in [9.17, 15) is 13.2 Å². The van der Waals surface area contributed by atoms with E-state index in [0.717, 1.165) is 11.3 Å². The second-order valence-electron chi connectivity index (χ2n) is 6.45. The molecular weight excluding hydrogens is 350 g/mol. The summed E-state index contributed by atoms with van der Waals surface area (Å²) in [6.45, 7) is 4.31. The van der Waals surface area contributed by atoms with Gasteiger partial charge in [0.25, 0.3) is 10.0 Å². The van der Waals surface area contributed by atoms with Crippen LogP contribution in [0.3, 0.4) is 0 Å². The fourth-order valence-corrected chi connectivity index (χ4v) is 4.22. The molecule has 0 radical (unpaired) electrons. The van der Waals surface area contributed by atoms with Crippen LogP contribution < -0.4 is 9.62 Å². The number of nitrogens with zero attached hydrogens (tertiary/aromatic N) is 2. The number of nitrogens with one attached hydrogen (secondary N) is 1. The molecule has 0 fully saturated rings. The van der Waals surface area contributed by atoms with Crippen LogP contribution in [-0.2, 0) is 21.2 Å². The van der Waals surface area contributed by atoms with Crippen LogP contribution in [0.1, 0.15) is 25.0 Å². The maximum absolute atomic E-state index is 12.6. The maximum atomic E-state index is 12.6. The Morgan fingerprint density at radius 1 is 1.23 bits per heavy atom. The van der Waals surface area contributed by atoms with Gasteiger partial charge in [0, 0.05) is 23.8 Å². The lowest BCUT2D eigenvalue weighted by atomic mass is 10.1. The molecule has 134 valence electrons. The van der Waals surface area contributed by atoms with E-state index < -0.39 is 10.0 Å². The van der Waals surface area contributed by atoms with Gasteiger partial charge in [-0.2, -0.15) is 5.26 Å². The van der Waals surface area contributed by atoms with Crippen LogP contribution in [0.2, 0.25) is 0 Å². The van der Waals surface area contributed by atoms with E-state index in [0.29, 0.717) is 18.7 Å². The molecule has 2 aromatic carbocycles. The van der Waals surface area contributed by atoms with Gasteiger partial charge in [-0.05, 0) is 42.3 Å². The molecule has 0 unspecified atom stereocenters. The standard InChI is InChI=1S/C19H19N3O3S/c1-13(2)19(23)22-10-9-14-11-16(7-8-17(14)22)21-26(24,25)18-6-4-3-5-15(18)12-20/h3-8,11,13,21H,9-10H2,1-2H3. The number of nitriles is 1. The van der Waals surface area contributed by atoms with Crippen molar-refractivity contribution in [2.24, 2.45) is 5.92 Å². The van der Waals surface area contributed by atoms with Crippen molar-refractivity contribution in [3.63, 3.8) is 0 Å². The summed E-state index contributed by atoms with van der Waals surface area (Å²) < 4.78 is 27.8. The van der Waals surface area contributed by atoms with E-state index in [2.05, 4.69) is 4.72 Å². The Hall–Kier alpha value is -2.85. The number of amides is 1. The minimum absolute atomic E-state index is 0.0556. The fraction of sp³-hybridized carbons (Fsp3) is 0.263. The summed E-state index contributed by atoms with van der Waals surface area (Å²) in [6, 6.07) is 13.1. The normalized spacial score (nSPS) is 13.4. The van der Waals surface area contributed by atoms with E-state index in [1.165, 1.54) is 12.1 Å². The second-order valence-corrected chi connectivity index (χ2v) is 8.10. The Kier molecular flexibility index (Phi) is 4.70. The first-order valence-electron chi connectivity index (χ1n) is 8.30. The average molecular weight is 369 g/mol. The van der Waals surface area contributed by atoms with Crippen molar-refractivity contribution in [1.82, 2.24) is 0 Å². The summed E-state index contributed by atoms with van der Waals surface area (Å²) >= 11 is 0. The number of hydrogen-bond donors (Lipinski definition) is 1. The molecule has 1 aliphatic heterocycles. The molecule has 0 spiro atoms. The predicted octanol–water partition coefficient (Wildman–Crippen LogP) is 2.90. The van der Waals surface area contributed by atoms with E-state index >= 15 is 0 Å². The number of anilines is 2. The average Bonchev–Trinajstić information content (AvgIpc) is 3.03. The summed E-state index contributed by atoms with van der Waals surface area (Å²) in [5, 5.41) is 9.12. The molecule has 1 heterocycles. The molecule has 6 nitrogen and oxygen atoms in total. The SMILES string of the molecule is CC(C)C(=O)N1CCc2cc(NS(=O)(=O)c3ccccc3C#N)ccc21. The van der Waals surface area contributed by atoms with Gasteiger partial charge < -0.3 is 4.90 Å². The molecule has 0 atom stereocenters. The van der Waals surface area contributed by atoms with Crippen LogP contribution >= 0.6 is 0 Å². The van der Waals surface area contributed by atoms with Crippen LogP contribution in [0.5, 0.6) is 0 Å². The molecule has 3 rings (SSSR count). The Morgan fingerprint density at radius 3 is 2.65 bits per heavy atom. The minimum atomic E-state index is -3.87. The summed E-state index contributed by atoms with van der Waals surface area (Å²) in [6.07, 6.45) is 0.679. The van der Waals surface area contributed by atoms with Crippen LogP contribution in [0.25, 0.3) is 0 Å². The van der Waals surface area contributed by atoms with E-state index in [1.807, 2.05) is 19.9 Å². The van der Waals surface area contributed by atoms with Crippen LogP contribution in [0.4, 0.5) is 11.4 Å². The van der Waals surface area contributed by atoms with Crippen LogP contribution in [-0.4, -0.2) is 20.9 Å². The quantitative estimate of drug-likeness (QED) is 0.897. The first kappa shape index (κ1) is 18.0. The lowest BCUT2D eigenvalue weighted by Crippen LogP contribution is -2.32. The summed E-state index contributed by atoms with van der Waals surface area (Å²) in [5.74, 6) is -0.0401. The third-order valence-corrected chi connectivity index (χ3v) is 5.72. The molecule has 1 N–H and O–H groups in total. The first-order chi connectivity index (χ1) is 12.3. The molecule has 1 aliphatic rings. The minimum Gasteiger partial charge on any atom is -0.312 e. The lowest BCUT2D eigenvalue weighted by Gasteiger charge is -2.19. The highest BCUT2D eigenvalue weighted by Gasteiger charge is 2.27. The van der Waals surface area contributed by atoms with Crippen LogP contribution in [0.15, 0.2) is 47.4 Å². The van der Waals surface area contributed by atoms with Gasteiger partial charge >= 0.3 is 0 Å². The molecule has 2 aromatic rings. The monoisotopic (exact) mass is 369 g/mol. The zero-order valence-corrected chi connectivity index (χ0v) is 15.4. The number of carbonyl (C=O) groups is 1. The number of rotatable bonds is 4. The largest absolute Gasteiger partial charge is 0.312 e. The zero-order chi connectivity index (χ0) is 18.9. The van der Waals surface area contributed by atoms with Gasteiger partial charge in [-0.25, -0.2) is 8.42 Å². The van der Waals surface area contributed by atoms with Crippen molar-refractivity contribution in [2.45, 2.75) is 25.2 Å². The molecule has 0 aromatic heterocycles. The third kappa shape index (κ3) is 3.28. The van der Waals surface area contributed by atoms with Gasteiger partial charge in [0.15, 0.2) is 0 Å². The summed E-state index contributed by atoms with van der Waals surface area (Å²) in [4.78, 5) is 13.9. The van der Waals surface area contributed by atoms with Crippen molar-refractivity contribution >= 4 is 27.3 Å². The van der Waals surface area contributed by atoms with E-state index in [1.54, 1.807) is 35.2 Å².